The molecule has 0 aliphatic carbocycles. The summed E-state index contributed by atoms with van der Waals surface area (Å²) in [5.41, 5.74) is 5.03. The molecule has 0 aromatic heterocycles. The molecule has 1 aliphatic rings. The molecule has 2 nitrogen and oxygen atoms in total. The molecule has 1 fully saturated rings. The van der Waals surface area contributed by atoms with Crippen LogP contribution in [-0.2, 0) is 9.47 Å². The zero-order valence-electron chi connectivity index (χ0n) is 8.96. The Morgan fingerprint density at radius 2 is 1.71 bits per heavy atom. The van der Waals surface area contributed by atoms with E-state index in [2.05, 4.69) is 32.9 Å². The molecule has 1 heterocycles. The van der Waals surface area contributed by atoms with E-state index in [4.69, 9.17) is 9.47 Å². The molecule has 1 saturated heterocycles. The lowest BCUT2D eigenvalue weighted by atomic mass is 10.00. The van der Waals surface area contributed by atoms with Gasteiger partial charge in [-0.3, -0.25) is 0 Å². The van der Waals surface area contributed by atoms with E-state index in [0.29, 0.717) is 13.2 Å². The molecular weight excluding hydrogens is 176 g/mol. The average molecular weight is 192 g/mol. The maximum absolute atomic E-state index is 5.51. The summed E-state index contributed by atoms with van der Waals surface area (Å²) < 4.78 is 11.0. The van der Waals surface area contributed by atoms with Crippen molar-refractivity contribution in [3.05, 3.63) is 34.4 Å². The highest BCUT2D eigenvalue weighted by molar-refractivity contribution is 5.38. The summed E-state index contributed by atoms with van der Waals surface area (Å²) in [6, 6.07) is 4.34. The molecule has 1 aromatic carbocycles. The van der Waals surface area contributed by atoms with Crippen molar-refractivity contribution < 1.29 is 9.47 Å². The molecule has 0 radical (unpaired) electrons. The van der Waals surface area contributed by atoms with Gasteiger partial charge in [0.2, 0.25) is 0 Å². The van der Waals surface area contributed by atoms with Crippen molar-refractivity contribution in [2.45, 2.75) is 27.1 Å². The molecule has 0 saturated carbocycles. The molecule has 1 aliphatic heterocycles. The molecule has 0 bridgehead atoms. The second-order valence-electron chi connectivity index (χ2n) is 3.87. The fourth-order valence-corrected chi connectivity index (χ4v) is 1.86. The van der Waals surface area contributed by atoms with Crippen molar-refractivity contribution in [3.8, 4) is 0 Å². The highest BCUT2D eigenvalue weighted by Gasteiger charge is 2.20. The maximum Gasteiger partial charge on any atom is 0.184 e. The van der Waals surface area contributed by atoms with Crippen LogP contribution in [-0.4, -0.2) is 13.2 Å². The van der Waals surface area contributed by atoms with Crippen LogP contribution in [0.15, 0.2) is 12.1 Å². The standard InChI is InChI=1S/C12H16O2/c1-8-6-9(2)10(3)11(7-8)12-13-4-5-14-12/h6-7,12H,4-5H2,1-3H3. The molecule has 0 atom stereocenters. The van der Waals surface area contributed by atoms with Crippen molar-refractivity contribution in [1.29, 1.82) is 0 Å². The number of rotatable bonds is 1. The average Bonchev–Trinajstić information content (AvgIpc) is 2.63. The van der Waals surface area contributed by atoms with Crippen LogP contribution in [0.4, 0.5) is 0 Å². The third kappa shape index (κ3) is 1.68. The second kappa shape index (κ2) is 3.71. The molecule has 2 heteroatoms. The molecule has 14 heavy (non-hydrogen) atoms. The quantitative estimate of drug-likeness (QED) is 0.681. The molecule has 0 spiro atoms. The van der Waals surface area contributed by atoms with Gasteiger partial charge in [-0.15, -0.1) is 0 Å². The minimum atomic E-state index is -0.145. The SMILES string of the molecule is Cc1cc(C)c(C)c(C2OCCO2)c1. The fraction of sp³-hybridized carbons (Fsp3) is 0.500. The second-order valence-corrected chi connectivity index (χ2v) is 3.87. The van der Waals surface area contributed by atoms with Crippen molar-refractivity contribution >= 4 is 0 Å². The molecule has 0 unspecified atom stereocenters. The Morgan fingerprint density at radius 3 is 2.36 bits per heavy atom. The molecule has 2 rings (SSSR count). The van der Waals surface area contributed by atoms with E-state index in [1.54, 1.807) is 0 Å². The summed E-state index contributed by atoms with van der Waals surface area (Å²) in [6.45, 7) is 7.76. The normalized spacial score (nSPS) is 17.6. The summed E-state index contributed by atoms with van der Waals surface area (Å²) in [6.07, 6.45) is -0.145. The summed E-state index contributed by atoms with van der Waals surface area (Å²) in [7, 11) is 0. The number of hydrogen-bond acceptors (Lipinski definition) is 2. The van der Waals surface area contributed by atoms with Gasteiger partial charge >= 0.3 is 0 Å². The molecule has 0 N–H and O–H groups in total. The highest BCUT2D eigenvalue weighted by atomic mass is 16.7. The monoisotopic (exact) mass is 192 g/mol. The number of aryl methyl sites for hydroxylation is 2. The summed E-state index contributed by atoms with van der Waals surface area (Å²) in [5, 5.41) is 0. The van der Waals surface area contributed by atoms with Gasteiger partial charge in [0.15, 0.2) is 6.29 Å². The molecule has 76 valence electrons. The molecular formula is C12H16O2. The zero-order chi connectivity index (χ0) is 10.1. The fourth-order valence-electron chi connectivity index (χ4n) is 1.86. The Hall–Kier alpha value is -0.860. The van der Waals surface area contributed by atoms with Crippen molar-refractivity contribution in [2.75, 3.05) is 13.2 Å². The van der Waals surface area contributed by atoms with Crippen LogP contribution in [0.1, 0.15) is 28.5 Å². The number of hydrogen-bond donors (Lipinski definition) is 0. The highest BCUT2D eigenvalue weighted by Crippen LogP contribution is 2.28. The van der Waals surface area contributed by atoms with Gasteiger partial charge in [0.25, 0.3) is 0 Å². The predicted octanol–water partition coefficient (Wildman–Crippen LogP) is 2.66. The minimum absolute atomic E-state index is 0.145. The van der Waals surface area contributed by atoms with Crippen molar-refractivity contribution in [2.24, 2.45) is 0 Å². The maximum atomic E-state index is 5.51. The van der Waals surface area contributed by atoms with E-state index in [9.17, 15) is 0 Å². The Kier molecular flexibility index (Phi) is 2.57. The Balaban J connectivity index is 2.40. The minimum Gasteiger partial charge on any atom is -0.346 e. The number of ether oxygens (including phenoxy) is 2. The van der Waals surface area contributed by atoms with Crippen LogP contribution >= 0.6 is 0 Å². The third-order valence-electron chi connectivity index (χ3n) is 2.73. The molecule has 1 aromatic rings. The van der Waals surface area contributed by atoms with Crippen LogP contribution in [0.25, 0.3) is 0 Å². The van der Waals surface area contributed by atoms with Gasteiger partial charge in [-0.2, -0.15) is 0 Å². The first kappa shape index (κ1) is 9.69. The van der Waals surface area contributed by atoms with Gasteiger partial charge in [-0.25, -0.2) is 0 Å². The summed E-state index contributed by atoms with van der Waals surface area (Å²) in [4.78, 5) is 0. The zero-order valence-corrected chi connectivity index (χ0v) is 8.96. The topological polar surface area (TPSA) is 18.5 Å². The van der Waals surface area contributed by atoms with Crippen molar-refractivity contribution in [3.63, 3.8) is 0 Å². The van der Waals surface area contributed by atoms with E-state index in [1.165, 1.54) is 22.3 Å². The lowest BCUT2D eigenvalue weighted by molar-refractivity contribution is -0.0446. The van der Waals surface area contributed by atoms with E-state index < -0.39 is 0 Å². The van der Waals surface area contributed by atoms with E-state index >= 15 is 0 Å². The van der Waals surface area contributed by atoms with Gasteiger partial charge in [0.1, 0.15) is 0 Å². The summed E-state index contributed by atoms with van der Waals surface area (Å²) in [5.74, 6) is 0. The van der Waals surface area contributed by atoms with E-state index in [-0.39, 0.29) is 6.29 Å². The first-order chi connectivity index (χ1) is 6.68. The smallest absolute Gasteiger partial charge is 0.184 e. The van der Waals surface area contributed by atoms with E-state index in [0.717, 1.165) is 0 Å². The van der Waals surface area contributed by atoms with Crippen molar-refractivity contribution in [1.82, 2.24) is 0 Å². The Bertz CT molecular complexity index is 338. The van der Waals surface area contributed by atoms with Gasteiger partial charge < -0.3 is 9.47 Å². The van der Waals surface area contributed by atoms with Gasteiger partial charge in [0.05, 0.1) is 13.2 Å². The van der Waals surface area contributed by atoms with Crippen LogP contribution in [0.5, 0.6) is 0 Å². The van der Waals surface area contributed by atoms with Gasteiger partial charge in [-0.1, -0.05) is 17.7 Å². The van der Waals surface area contributed by atoms with Gasteiger partial charge in [-0.05, 0) is 31.9 Å². The first-order valence-electron chi connectivity index (χ1n) is 4.99. The Morgan fingerprint density at radius 1 is 1.07 bits per heavy atom. The van der Waals surface area contributed by atoms with Crippen LogP contribution in [0.3, 0.4) is 0 Å². The lowest BCUT2D eigenvalue weighted by Crippen LogP contribution is -2.02. The van der Waals surface area contributed by atoms with Crippen LogP contribution in [0, 0.1) is 20.8 Å². The lowest BCUT2D eigenvalue weighted by Gasteiger charge is -2.15. The first-order valence-corrected chi connectivity index (χ1v) is 4.99. The van der Waals surface area contributed by atoms with Crippen LogP contribution in [0.2, 0.25) is 0 Å². The largest absolute Gasteiger partial charge is 0.346 e. The predicted molar refractivity (Wildman–Crippen MR) is 55.3 cm³/mol. The number of benzene rings is 1. The Labute approximate surface area is 84.8 Å². The van der Waals surface area contributed by atoms with Gasteiger partial charge in [0, 0.05) is 5.56 Å². The third-order valence-corrected chi connectivity index (χ3v) is 2.73. The van der Waals surface area contributed by atoms with E-state index in [1.807, 2.05) is 0 Å². The molecule has 0 amide bonds. The summed E-state index contributed by atoms with van der Waals surface area (Å²) >= 11 is 0. The van der Waals surface area contributed by atoms with Crippen LogP contribution < -0.4 is 0 Å².